The van der Waals surface area contributed by atoms with Crippen molar-refractivity contribution in [2.24, 2.45) is 0 Å². The molecule has 1 aromatic carbocycles. The minimum atomic E-state index is 0.0139. The highest BCUT2D eigenvalue weighted by atomic mass is 35.5. The maximum atomic E-state index is 6.32. The van der Waals surface area contributed by atoms with Gasteiger partial charge < -0.3 is 9.73 Å². The Kier molecular flexibility index (Phi) is 2.93. The lowest BCUT2D eigenvalue weighted by Crippen LogP contribution is -2.28. The summed E-state index contributed by atoms with van der Waals surface area (Å²) in [6.45, 7) is 0. The molecule has 1 aliphatic heterocycles. The van der Waals surface area contributed by atoms with Crippen molar-refractivity contribution in [3.05, 3.63) is 65.3 Å². The molecule has 0 fully saturated rings. The number of hydrogen-bond acceptors (Lipinski definition) is 4. The van der Waals surface area contributed by atoms with Crippen LogP contribution in [0.2, 0.25) is 5.02 Å². The second-order valence-corrected chi connectivity index (χ2v) is 5.42. The molecule has 0 spiro atoms. The number of nitrogens with zero attached hydrogens (tertiary/aromatic N) is 3. The number of anilines is 1. The number of fused-ring (bicyclic) bond motifs is 1. The molecule has 0 saturated carbocycles. The van der Waals surface area contributed by atoms with E-state index in [1.807, 2.05) is 41.1 Å². The average molecular weight is 301 g/mol. The van der Waals surface area contributed by atoms with E-state index in [1.54, 1.807) is 12.6 Å². The average Bonchev–Trinajstić information content (AvgIpc) is 3.18. The van der Waals surface area contributed by atoms with Gasteiger partial charge in [0.15, 0.2) is 0 Å². The molecule has 0 aliphatic carbocycles. The molecular weight excluding hydrogens is 288 g/mol. The Labute approximate surface area is 126 Å². The smallest absolute Gasteiger partial charge is 0.222 e. The summed E-state index contributed by atoms with van der Waals surface area (Å²) in [4.78, 5) is 4.28. The van der Waals surface area contributed by atoms with Crippen LogP contribution in [0.15, 0.2) is 53.4 Å². The summed E-state index contributed by atoms with van der Waals surface area (Å²) in [6, 6.07) is 11.8. The molecule has 106 valence electrons. The fourth-order valence-electron chi connectivity index (χ4n) is 2.80. The lowest BCUT2D eigenvalue weighted by atomic mass is 9.96. The molecular formula is C15H13ClN4O. The zero-order chi connectivity index (χ0) is 14.2. The zero-order valence-electron chi connectivity index (χ0n) is 11.1. The summed E-state index contributed by atoms with van der Waals surface area (Å²) in [5, 5.41) is 8.44. The van der Waals surface area contributed by atoms with Crippen molar-refractivity contribution in [2.45, 2.75) is 18.5 Å². The van der Waals surface area contributed by atoms with Gasteiger partial charge in [-0.15, -0.1) is 0 Å². The quantitative estimate of drug-likeness (QED) is 0.784. The van der Waals surface area contributed by atoms with Gasteiger partial charge in [-0.3, -0.25) is 0 Å². The third kappa shape index (κ3) is 2.10. The van der Waals surface area contributed by atoms with E-state index in [0.717, 1.165) is 28.7 Å². The number of benzene rings is 1. The molecule has 1 N–H and O–H groups in total. The van der Waals surface area contributed by atoms with E-state index in [-0.39, 0.29) is 12.1 Å². The first kappa shape index (κ1) is 12.5. The summed E-state index contributed by atoms with van der Waals surface area (Å²) >= 11 is 6.32. The van der Waals surface area contributed by atoms with Gasteiger partial charge in [-0.05, 0) is 23.8 Å². The molecule has 6 heteroatoms. The third-order valence-corrected chi connectivity index (χ3v) is 4.13. The van der Waals surface area contributed by atoms with Gasteiger partial charge in [0.1, 0.15) is 18.1 Å². The summed E-state index contributed by atoms with van der Waals surface area (Å²) in [5.74, 6) is 1.60. The maximum Gasteiger partial charge on any atom is 0.222 e. The van der Waals surface area contributed by atoms with Crippen molar-refractivity contribution in [3.63, 3.8) is 0 Å². The highest BCUT2D eigenvalue weighted by Gasteiger charge is 2.32. The molecule has 1 aliphatic rings. The molecule has 2 aromatic heterocycles. The molecule has 0 saturated heterocycles. The fraction of sp³-hybridized carbons (Fsp3) is 0.200. The normalized spacial score (nSPS) is 20.8. The van der Waals surface area contributed by atoms with Crippen molar-refractivity contribution in [2.75, 3.05) is 5.32 Å². The third-order valence-electron chi connectivity index (χ3n) is 3.78. The molecule has 21 heavy (non-hydrogen) atoms. The van der Waals surface area contributed by atoms with Crippen LogP contribution >= 0.6 is 11.6 Å². The Morgan fingerprint density at radius 1 is 1.24 bits per heavy atom. The summed E-state index contributed by atoms with van der Waals surface area (Å²) in [7, 11) is 0. The standard InChI is InChI=1S/C15H13ClN4O/c16-11-5-2-1-4-10(11)12-8-13(14-6-3-7-21-14)20-15(19-12)17-9-18-20/h1-7,9,12-13H,8H2,(H,17,18,19). The van der Waals surface area contributed by atoms with Crippen molar-refractivity contribution < 1.29 is 4.42 Å². The Hall–Kier alpha value is -2.27. The van der Waals surface area contributed by atoms with E-state index in [1.165, 1.54) is 0 Å². The van der Waals surface area contributed by atoms with Crippen LogP contribution in [0.5, 0.6) is 0 Å². The predicted molar refractivity (Wildman–Crippen MR) is 79.3 cm³/mol. The number of hydrogen-bond donors (Lipinski definition) is 1. The van der Waals surface area contributed by atoms with Crippen molar-refractivity contribution in [1.29, 1.82) is 0 Å². The molecule has 2 unspecified atom stereocenters. The molecule has 3 heterocycles. The summed E-state index contributed by atoms with van der Waals surface area (Å²) in [5.41, 5.74) is 1.06. The van der Waals surface area contributed by atoms with Crippen LogP contribution in [0.25, 0.3) is 0 Å². The van der Waals surface area contributed by atoms with Crippen LogP contribution < -0.4 is 5.32 Å². The van der Waals surface area contributed by atoms with E-state index in [2.05, 4.69) is 15.4 Å². The first-order valence-corrected chi connectivity index (χ1v) is 7.14. The minimum Gasteiger partial charge on any atom is -0.467 e. The Morgan fingerprint density at radius 2 is 2.14 bits per heavy atom. The Morgan fingerprint density at radius 3 is 2.95 bits per heavy atom. The SMILES string of the molecule is Clc1ccccc1C1CC(c2ccco2)n2ncnc2N1. The second kappa shape index (κ2) is 4.93. The van der Waals surface area contributed by atoms with Crippen LogP contribution in [-0.4, -0.2) is 14.8 Å². The lowest BCUT2D eigenvalue weighted by molar-refractivity contribution is 0.358. The first-order valence-electron chi connectivity index (χ1n) is 6.77. The maximum absolute atomic E-state index is 6.32. The van der Waals surface area contributed by atoms with Crippen molar-refractivity contribution >= 4 is 17.5 Å². The van der Waals surface area contributed by atoms with Crippen LogP contribution in [0.1, 0.15) is 29.8 Å². The number of furan rings is 1. The molecule has 0 amide bonds. The van der Waals surface area contributed by atoms with Crippen molar-refractivity contribution in [1.82, 2.24) is 14.8 Å². The van der Waals surface area contributed by atoms with E-state index in [4.69, 9.17) is 16.0 Å². The highest BCUT2D eigenvalue weighted by Crippen LogP contribution is 2.39. The van der Waals surface area contributed by atoms with E-state index in [9.17, 15) is 0 Å². The van der Waals surface area contributed by atoms with Crippen LogP contribution in [0.4, 0.5) is 5.95 Å². The summed E-state index contributed by atoms with van der Waals surface area (Å²) in [6.07, 6.45) is 4.03. The lowest BCUT2D eigenvalue weighted by Gasteiger charge is -2.30. The van der Waals surface area contributed by atoms with Gasteiger partial charge in [0, 0.05) is 11.4 Å². The van der Waals surface area contributed by atoms with Crippen molar-refractivity contribution in [3.8, 4) is 0 Å². The molecule has 4 rings (SSSR count). The van der Waals surface area contributed by atoms with Crippen LogP contribution in [0, 0.1) is 0 Å². The largest absolute Gasteiger partial charge is 0.467 e. The molecule has 3 aromatic rings. The fourth-order valence-corrected chi connectivity index (χ4v) is 3.07. The number of rotatable bonds is 2. The van der Waals surface area contributed by atoms with Gasteiger partial charge in [-0.25, -0.2) is 4.68 Å². The van der Waals surface area contributed by atoms with E-state index >= 15 is 0 Å². The summed E-state index contributed by atoms with van der Waals surface area (Å²) < 4.78 is 7.42. The second-order valence-electron chi connectivity index (χ2n) is 5.01. The van der Waals surface area contributed by atoms with Gasteiger partial charge >= 0.3 is 0 Å². The van der Waals surface area contributed by atoms with Gasteiger partial charge in [-0.2, -0.15) is 10.1 Å². The zero-order valence-corrected chi connectivity index (χ0v) is 11.9. The monoisotopic (exact) mass is 300 g/mol. The topological polar surface area (TPSA) is 55.9 Å². The number of aromatic nitrogens is 3. The predicted octanol–water partition coefficient (Wildman–Crippen LogP) is 3.67. The Balaban J connectivity index is 1.76. The van der Waals surface area contributed by atoms with Crippen LogP contribution in [0.3, 0.4) is 0 Å². The minimum absolute atomic E-state index is 0.0139. The number of halogens is 1. The highest BCUT2D eigenvalue weighted by molar-refractivity contribution is 6.31. The molecule has 0 radical (unpaired) electrons. The van der Waals surface area contributed by atoms with Gasteiger partial charge in [0.25, 0.3) is 0 Å². The molecule has 5 nitrogen and oxygen atoms in total. The van der Waals surface area contributed by atoms with E-state index < -0.39 is 0 Å². The van der Waals surface area contributed by atoms with Gasteiger partial charge in [-0.1, -0.05) is 29.8 Å². The van der Waals surface area contributed by atoms with E-state index in [0.29, 0.717) is 0 Å². The van der Waals surface area contributed by atoms with Crippen LogP contribution in [-0.2, 0) is 0 Å². The molecule has 2 atom stereocenters. The van der Waals surface area contributed by atoms with Gasteiger partial charge in [0.05, 0.1) is 12.3 Å². The van der Waals surface area contributed by atoms with Gasteiger partial charge in [0.2, 0.25) is 5.95 Å². The molecule has 0 bridgehead atoms. The first-order chi connectivity index (χ1) is 10.3. The Bertz CT molecular complexity index is 753. The number of nitrogens with one attached hydrogen (secondary N) is 1.